The van der Waals surface area contributed by atoms with Crippen LogP contribution < -0.4 is 5.32 Å². The van der Waals surface area contributed by atoms with Gasteiger partial charge in [0.25, 0.3) is 5.91 Å². The molecule has 1 aromatic heterocycles. The molecule has 0 aliphatic rings. The van der Waals surface area contributed by atoms with Gasteiger partial charge in [-0.15, -0.1) is 0 Å². The minimum atomic E-state index is -0.362. The molecule has 0 fully saturated rings. The van der Waals surface area contributed by atoms with E-state index in [-0.39, 0.29) is 11.7 Å². The number of amides is 1. The van der Waals surface area contributed by atoms with E-state index in [0.29, 0.717) is 16.9 Å². The molecule has 5 heteroatoms. The fourth-order valence-corrected chi connectivity index (χ4v) is 1.35. The topological polar surface area (TPSA) is 72.2 Å². The lowest BCUT2D eigenvalue weighted by atomic mass is 10.2. The fourth-order valence-electron chi connectivity index (χ4n) is 1.35. The summed E-state index contributed by atoms with van der Waals surface area (Å²) in [6.45, 7) is 1.69. The molecule has 1 N–H and O–H groups in total. The number of aldehydes is 1. The molecule has 86 valence electrons. The summed E-state index contributed by atoms with van der Waals surface area (Å²) in [7, 11) is 0. The number of benzene rings is 1. The van der Waals surface area contributed by atoms with Gasteiger partial charge in [0.1, 0.15) is 6.29 Å². The Balaban J connectivity index is 2.13. The molecule has 1 heterocycles. The predicted molar refractivity (Wildman–Crippen MR) is 61.0 cm³/mol. The van der Waals surface area contributed by atoms with Crippen LogP contribution >= 0.6 is 0 Å². The van der Waals surface area contributed by atoms with Gasteiger partial charge in [0, 0.05) is 11.3 Å². The summed E-state index contributed by atoms with van der Waals surface area (Å²) < 4.78 is 4.96. The number of carbonyl (C=O) groups is 2. The Morgan fingerprint density at radius 1 is 1.35 bits per heavy atom. The van der Waals surface area contributed by atoms with E-state index in [9.17, 15) is 9.59 Å². The summed E-state index contributed by atoms with van der Waals surface area (Å²) >= 11 is 0. The average Bonchev–Trinajstić information content (AvgIpc) is 2.76. The van der Waals surface area contributed by atoms with Gasteiger partial charge in [-0.05, 0) is 31.2 Å². The Kier molecular flexibility index (Phi) is 3.00. The molecule has 0 aliphatic carbocycles. The molecule has 0 saturated heterocycles. The van der Waals surface area contributed by atoms with Crippen LogP contribution in [0.15, 0.2) is 35.1 Å². The number of nitrogens with zero attached hydrogens (tertiary/aromatic N) is 1. The standard InChI is InChI=1S/C12H10N2O3/c1-8-11(17-7-13-8)12(16)14-10-4-2-9(6-15)3-5-10/h2-7H,1H3,(H,14,16). The van der Waals surface area contributed by atoms with Gasteiger partial charge in [-0.1, -0.05) is 0 Å². The summed E-state index contributed by atoms with van der Waals surface area (Å²) in [4.78, 5) is 26.0. The number of aryl methyl sites for hydroxylation is 1. The Morgan fingerprint density at radius 3 is 2.59 bits per heavy atom. The lowest BCUT2D eigenvalue weighted by Crippen LogP contribution is -2.12. The first-order valence-corrected chi connectivity index (χ1v) is 4.97. The van der Waals surface area contributed by atoms with E-state index in [1.165, 1.54) is 6.39 Å². The number of hydrogen-bond donors (Lipinski definition) is 1. The van der Waals surface area contributed by atoms with Crippen LogP contribution in [0.3, 0.4) is 0 Å². The first kappa shape index (κ1) is 11.1. The number of hydrogen-bond acceptors (Lipinski definition) is 4. The van der Waals surface area contributed by atoms with Crippen molar-refractivity contribution in [1.29, 1.82) is 0 Å². The summed E-state index contributed by atoms with van der Waals surface area (Å²) in [6, 6.07) is 6.53. The van der Waals surface area contributed by atoms with Crippen LogP contribution in [0.2, 0.25) is 0 Å². The molecule has 0 radical (unpaired) electrons. The zero-order chi connectivity index (χ0) is 12.3. The van der Waals surface area contributed by atoms with Gasteiger partial charge in [-0.3, -0.25) is 9.59 Å². The molecular formula is C12H10N2O3. The molecule has 17 heavy (non-hydrogen) atoms. The highest BCUT2D eigenvalue weighted by molar-refractivity contribution is 6.02. The molecule has 5 nitrogen and oxygen atoms in total. The highest BCUT2D eigenvalue weighted by Gasteiger charge is 2.13. The van der Waals surface area contributed by atoms with Crippen LogP contribution in [0.25, 0.3) is 0 Å². The molecular weight excluding hydrogens is 220 g/mol. The van der Waals surface area contributed by atoms with Gasteiger partial charge >= 0.3 is 0 Å². The quantitative estimate of drug-likeness (QED) is 0.819. The Labute approximate surface area is 97.5 Å². The van der Waals surface area contributed by atoms with Crippen LogP contribution in [-0.4, -0.2) is 17.2 Å². The predicted octanol–water partition coefficient (Wildman–Crippen LogP) is 2.05. The second-order valence-corrected chi connectivity index (χ2v) is 3.46. The van der Waals surface area contributed by atoms with Crippen molar-refractivity contribution in [2.45, 2.75) is 6.92 Å². The van der Waals surface area contributed by atoms with Crippen LogP contribution in [-0.2, 0) is 0 Å². The molecule has 0 bridgehead atoms. The van der Waals surface area contributed by atoms with Crippen molar-refractivity contribution in [3.63, 3.8) is 0 Å². The van der Waals surface area contributed by atoms with Crippen molar-refractivity contribution in [3.05, 3.63) is 47.7 Å². The first-order chi connectivity index (χ1) is 8.20. The minimum Gasteiger partial charge on any atom is -0.438 e. The van der Waals surface area contributed by atoms with Gasteiger partial charge in [0.05, 0.1) is 5.69 Å². The normalized spacial score (nSPS) is 9.94. The number of anilines is 1. The zero-order valence-corrected chi connectivity index (χ0v) is 9.14. The molecule has 0 atom stereocenters. The van der Waals surface area contributed by atoms with E-state index >= 15 is 0 Å². The lowest BCUT2D eigenvalue weighted by molar-refractivity contribution is 0.0995. The van der Waals surface area contributed by atoms with Crippen LogP contribution in [0, 0.1) is 6.92 Å². The van der Waals surface area contributed by atoms with Crippen LogP contribution in [0.5, 0.6) is 0 Å². The van der Waals surface area contributed by atoms with Gasteiger partial charge in [0.15, 0.2) is 6.39 Å². The van der Waals surface area contributed by atoms with E-state index in [1.54, 1.807) is 31.2 Å². The van der Waals surface area contributed by atoms with E-state index < -0.39 is 0 Å². The van der Waals surface area contributed by atoms with E-state index in [0.717, 1.165) is 6.29 Å². The van der Waals surface area contributed by atoms with E-state index in [1.807, 2.05) is 0 Å². The average molecular weight is 230 g/mol. The third-order valence-electron chi connectivity index (χ3n) is 2.26. The third-order valence-corrected chi connectivity index (χ3v) is 2.26. The van der Waals surface area contributed by atoms with Crippen molar-refractivity contribution in [2.75, 3.05) is 5.32 Å². The van der Waals surface area contributed by atoms with Crippen LogP contribution in [0.1, 0.15) is 26.6 Å². The van der Waals surface area contributed by atoms with Gasteiger partial charge < -0.3 is 9.73 Å². The fraction of sp³-hybridized carbons (Fsp3) is 0.0833. The monoisotopic (exact) mass is 230 g/mol. The first-order valence-electron chi connectivity index (χ1n) is 4.97. The number of rotatable bonds is 3. The number of aromatic nitrogens is 1. The maximum atomic E-state index is 11.7. The maximum Gasteiger partial charge on any atom is 0.293 e. The molecule has 2 rings (SSSR count). The Hall–Kier alpha value is -2.43. The van der Waals surface area contributed by atoms with Gasteiger partial charge in [-0.25, -0.2) is 4.98 Å². The molecule has 0 aliphatic heterocycles. The number of nitrogens with one attached hydrogen (secondary N) is 1. The third kappa shape index (κ3) is 2.39. The second kappa shape index (κ2) is 4.61. The van der Waals surface area contributed by atoms with Crippen molar-refractivity contribution < 1.29 is 14.0 Å². The maximum absolute atomic E-state index is 11.7. The van der Waals surface area contributed by atoms with Crippen molar-refractivity contribution in [1.82, 2.24) is 4.98 Å². The molecule has 2 aromatic rings. The van der Waals surface area contributed by atoms with Crippen molar-refractivity contribution in [3.8, 4) is 0 Å². The lowest BCUT2D eigenvalue weighted by Gasteiger charge is -2.03. The van der Waals surface area contributed by atoms with Crippen LogP contribution in [0.4, 0.5) is 5.69 Å². The molecule has 0 unspecified atom stereocenters. The summed E-state index contributed by atoms with van der Waals surface area (Å²) in [5, 5.41) is 2.65. The zero-order valence-electron chi connectivity index (χ0n) is 9.14. The highest BCUT2D eigenvalue weighted by Crippen LogP contribution is 2.12. The Morgan fingerprint density at radius 2 is 2.06 bits per heavy atom. The summed E-state index contributed by atoms with van der Waals surface area (Å²) in [6.07, 6.45) is 1.96. The number of oxazole rings is 1. The molecule has 1 amide bonds. The molecule has 0 saturated carbocycles. The van der Waals surface area contributed by atoms with Crippen molar-refractivity contribution >= 4 is 17.9 Å². The smallest absolute Gasteiger partial charge is 0.293 e. The Bertz CT molecular complexity index is 543. The molecule has 0 spiro atoms. The van der Waals surface area contributed by atoms with Crippen molar-refractivity contribution in [2.24, 2.45) is 0 Å². The molecule has 1 aromatic carbocycles. The minimum absolute atomic E-state index is 0.185. The van der Waals surface area contributed by atoms with Gasteiger partial charge in [0.2, 0.25) is 5.76 Å². The highest BCUT2D eigenvalue weighted by atomic mass is 16.3. The second-order valence-electron chi connectivity index (χ2n) is 3.46. The van der Waals surface area contributed by atoms with Gasteiger partial charge in [-0.2, -0.15) is 0 Å². The summed E-state index contributed by atoms with van der Waals surface area (Å²) in [5.74, 6) is -0.177. The van der Waals surface area contributed by atoms with E-state index in [4.69, 9.17) is 4.42 Å². The van der Waals surface area contributed by atoms with E-state index in [2.05, 4.69) is 10.3 Å². The number of carbonyl (C=O) groups excluding carboxylic acids is 2. The summed E-state index contributed by atoms with van der Waals surface area (Å²) in [5.41, 5.74) is 1.68. The largest absolute Gasteiger partial charge is 0.438 e. The SMILES string of the molecule is Cc1ncoc1C(=O)Nc1ccc(C=O)cc1.